The van der Waals surface area contributed by atoms with Crippen LogP contribution in [0.3, 0.4) is 0 Å². The second-order valence-corrected chi connectivity index (χ2v) is 4.03. The minimum Gasteiger partial charge on any atom is -0.494 e. The third kappa shape index (κ3) is 4.47. The maximum atomic E-state index is 13.7. The van der Waals surface area contributed by atoms with E-state index in [1.54, 1.807) is 20.1 Å². The van der Waals surface area contributed by atoms with Gasteiger partial charge in [0.05, 0.1) is 20.3 Å². The van der Waals surface area contributed by atoms with Crippen molar-refractivity contribution in [2.24, 2.45) is 0 Å². The van der Waals surface area contributed by atoms with E-state index in [-0.39, 0.29) is 12.4 Å². The molecule has 0 aliphatic rings. The zero-order chi connectivity index (χ0) is 15.0. The largest absolute Gasteiger partial charge is 0.494 e. The summed E-state index contributed by atoms with van der Waals surface area (Å²) in [4.78, 5) is 11.9. The number of halogens is 1. The summed E-state index contributed by atoms with van der Waals surface area (Å²) < 4.78 is 28.5. The molecule has 0 spiro atoms. The van der Waals surface area contributed by atoms with E-state index < -0.39 is 17.8 Å². The first kappa shape index (κ1) is 16.4. The van der Waals surface area contributed by atoms with Crippen LogP contribution < -0.4 is 10.1 Å². The predicted molar refractivity (Wildman–Crippen MR) is 72.2 cm³/mol. The number of carbonyl (C=O) groups is 1. The van der Waals surface area contributed by atoms with Crippen LogP contribution in [0.1, 0.15) is 18.5 Å². The molecule has 0 saturated heterocycles. The van der Waals surface area contributed by atoms with Gasteiger partial charge in [-0.15, -0.1) is 0 Å². The molecule has 1 aromatic carbocycles. The van der Waals surface area contributed by atoms with Gasteiger partial charge in [-0.25, -0.2) is 9.18 Å². The molecule has 0 bridgehead atoms. The zero-order valence-electron chi connectivity index (χ0n) is 11.9. The van der Waals surface area contributed by atoms with Gasteiger partial charge in [-0.2, -0.15) is 0 Å². The van der Waals surface area contributed by atoms with E-state index in [1.165, 1.54) is 19.2 Å². The van der Waals surface area contributed by atoms with Crippen molar-refractivity contribution in [1.29, 1.82) is 0 Å². The summed E-state index contributed by atoms with van der Waals surface area (Å²) in [7, 11) is 2.95. The number of carbonyl (C=O) groups excluding carboxylic acids is 1. The summed E-state index contributed by atoms with van der Waals surface area (Å²) in [6, 6.07) is 3.64. The van der Waals surface area contributed by atoms with Gasteiger partial charge in [-0.05, 0) is 24.6 Å². The van der Waals surface area contributed by atoms with Crippen LogP contribution in [0.15, 0.2) is 18.2 Å². The van der Waals surface area contributed by atoms with E-state index in [2.05, 4.69) is 5.32 Å². The van der Waals surface area contributed by atoms with Crippen LogP contribution in [0.25, 0.3) is 0 Å². The number of methoxy groups -OCH3 is 2. The van der Waals surface area contributed by atoms with Gasteiger partial charge in [-0.3, -0.25) is 5.32 Å². The molecule has 5 nitrogen and oxygen atoms in total. The zero-order valence-corrected chi connectivity index (χ0v) is 11.9. The lowest BCUT2D eigenvalue weighted by molar-refractivity contribution is -0.145. The Kier molecular flexibility index (Phi) is 6.97. The first-order valence-corrected chi connectivity index (χ1v) is 6.36. The highest BCUT2D eigenvalue weighted by Gasteiger charge is 2.22. The SMILES string of the molecule is CCOC(=O)C(NCCOC)c1ccc(OC)c(F)c1. The average molecular weight is 285 g/mol. The fourth-order valence-electron chi connectivity index (χ4n) is 1.73. The smallest absolute Gasteiger partial charge is 0.327 e. The Balaban J connectivity index is 2.90. The summed E-state index contributed by atoms with van der Waals surface area (Å²) in [6.45, 7) is 2.88. The van der Waals surface area contributed by atoms with Gasteiger partial charge in [0.2, 0.25) is 0 Å². The van der Waals surface area contributed by atoms with E-state index >= 15 is 0 Å². The number of hydrogen-bond donors (Lipinski definition) is 1. The van der Waals surface area contributed by atoms with Crippen molar-refractivity contribution in [3.63, 3.8) is 0 Å². The van der Waals surface area contributed by atoms with Crippen molar-refractivity contribution < 1.29 is 23.4 Å². The van der Waals surface area contributed by atoms with Crippen LogP contribution in [0.2, 0.25) is 0 Å². The average Bonchev–Trinajstić information content (AvgIpc) is 2.44. The van der Waals surface area contributed by atoms with E-state index in [1.807, 2.05) is 0 Å². The lowest BCUT2D eigenvalue weighted by atomic mass is 10.1. The molecule has 0 aliphatic carbocycles. The van der Waals surface area contributed by atoms with Gasteiger partial charge < -0.3 is 14.2 Å². The molecule has 0 aliphatic heterocycles. The second kappa shape index (κ2) is 8.50. The minimum atomic E-state index is -0.731. The Labute approximate surface area is 118 Å². The molecular formula is C14H20FNO4. The molecule has 6 heteroatoms. The van der Waals surface area contributed by atoms with Crippen LogP contribution in [-0.4, -0.2) is 39.9 Å². The molecule has 0 fully saturated rings. The quantitative estimate of drug-likeness (QED) is 0.581. The van der Waals surface area contributed by atoms with Crippen molar-refractivity contribution in [2.75, 3.05) is 34.0 Å². The Bertz CT molecular complexity index is 439. The van der Waals surface area contributed by atoms with Crippen LogP contribution >= 0.6 is 0 Å². The van der Waals surface area contributed by atoms with Crippen molar-refractivity contribution >= 4 is 5.97 Å². The van der Waals surface area contributed by atoms with Crippen molar-refractivity contribution in [1.82, 2.24) is 5.32 Å². The highest BCUT2D eigenvalue weighted by molar-refractivity contribution is 5.77. The van der Waals surface area contributed by atoms with Gasteiger partial charge in [0.25, 0.3) is 0 Å². The molecule has 20 heavy (non-hydrogen) atoms. The van der Waals surface area contributed by atoms with E-state index in [4.69, 9.17) is 14.2 Å². The van der Waals surface area contributed by atoms with Crippen molar-refractivity contribution in [2.45, 2.75) is 13.0 Å². The number of benzene rings is 1. The summed E-state index contributed by atoms with van der Waals surface area (Å²) in [6.07, 6.45) is 0. The molecule has 1 atom stereocenters. The molecule has 1 aromatic rings. The molecule has 1 rings (SSSR count). The molecule has 0 saturated carbocycles. The van der Waals surface area contributed by atoms with Crippen LogP contribution in [0, 0.1) is 5.82 Å². The van der Waals surface area contributed by atoms with Gasteiger partial charge in [0.15, 0.2) is 11.6 Å². The normalized spacial score (nSPS) is 12.0. The summed E-state index contributed by atoms with van der Waals surface area (Å²) in [5.41, 5.74) is 0.484. The number of esters is 1. The highest BCUT2D eigenvalue weighted by Crippen LogP contribution is 2.22. The Morgan fingerprint density at radius 1 is 1.40 bits per heavy atom. The molecule has 1 unspecified atom stereocenters. The summed E-state index contributed by atoms with van der Waals surface area (Å²) in [5, 5.41) is 2.98. The van der Waals surface area contributed by atoms with Gasteiger partial charge >= 0.3 is 5.97 Å². The number of nitrogens with one attached hydrogen (secondary N) is 1. The Morgan fingerprint density at radius 3 is 2.70 bits per heavy atom. The topological polar surface area (TPSA) is 56.8 Å². The predicted octanol–water partition coefficient (Wildman–Crippen LogP) is 1.67. The van der Waals surface area contributed by atoms with E-state index in [0.717, 1.165) is 0 Å². The third-order valence-corrected chi connectivity index (χ3v) is 2.69. The maximum Gasteiger partial charge on any atom is 0.327 e. The summed E-state index contributed by atoms with van der Waals surface area (Å²) in [5.74, 6) is -0.839. The van der Waals surface area contributed by atoms with Crippen molar-refractivity contribution in [3.05, 3.63) is 29.6 Å². The van der Waals surface area contributed by atoms with Gasteiger partial charge in [0.1, 0.15) is 6.04 Å². The minimum absolute atomic E-state index is 0.133. The monoisotopic (exact) mass is 285 g/mol. The third-order valence-electron chi connectivity index (χ3n) is 2.69. The van der Waals surface area contributed by atoms with Crippen LogP contribution in [0.4, 0.5) is 4.39 Å². The molecule has 0 heterocycles. The molecule has 1 N–H and O–H groups in total. The van der Waals surface area contributed by atoms with Gasteiger partial charge in [0, 0.05) is 13.7 Å². The highest BCUT2D eigenvalue weighted by atomic mass is 19.1. The van der Waals surface area contributed by atoms with Crippen molar-refractivity contribution in [3.8, 4) is 5.75 Å². The molecule has 112 valence electrons. The fourth-order valence-corrected chi connectivity index (χ4v) is 1.73. The fraction of sp³-hybridized carbons (Fsp3) is 0.500. The lowest BCUT2D eigenvalue weighted by Crippen LogP contribution is -2.32. The number of ether oxygens (including phenoxy) is 3. The van der Waals surface area contributed by atoms with Crippen LogP contribution in [0.5, 0.6) is 5.75 Å². The van der Waals surface area contributed by atoms with E-state index in [0.29, 0.717) is 18.7 Å². The van der Waals surface area contributed by atoms with E-state index in [9.17, 15) is 9.18 Å². The standard InChI is InChI=1S/C14H20FNO4/c1-4-20-14(17)13(16-7-8-18-2)10-5-6-12(19-3)11(15)9-10/h5-6,9,13,16H,4,7-8H2,1-3H3. The van der Waals surface area contributed by atoms with Gasteiger partial charge in [-0.1, -0.05) is 6.07 Å². The molecule has 0 radical (unpaired) electrons. The second-order valence-electron chi connectivity index (χ2n) is 4.03. The lowest BCUT2D eigenvalue weighted by Gasteiger charge is -2.18. The number of rotatable bonds is 8. The molecule has 0 amide bonds. The summed E-state index contributed by atoms with van der Waals surface area (Å²) >= 11 is 0. The Morgan fingerprint density at radius 2 is 2.15 bits per heavy atom. The molecule has 0 aromatic heterocycles. The first-order valence-electron chi connectivity index (χ1n) is 6.36. The first-order chi connectivity index (χ1) is 9.63. The number of hydrogen-bond acceptors (Lipinski definition) is 5. The maximum absolute atomic E-state index is 13.7. The Hall–Kier alpha value is -1.66. The van der Waals surface area contributed by atoms with Crippen LogP contribution in [-0.2, 0) is 14.3 Å². The molecular weight excluding hydrogens is 265 g/mol.